The third-order valence-corrected chi connectivity index (χ3v) is 3.96. The molecule has 0 saturated heterocycles. The van der Waals surface area contributed by atoms with Gasteiger partial charge in [-0.05, 0) is 64.8 Å². The van der Waals surface area contributed by atoms with Gasteiger partial charge in [-0.3, -0.25) is 0 Å². The largest absolute Gasteiger partial charge is 0.378 e. The van der Waals surface area contributed by atoms with Crippen LogP contribution < -0.4 is 5.32 Å². The SMILES string of the molecule is CC(Nc1ccc(F)cc1Br)c1cc(Cl)ccc1Cl. The summed E-state index contributed by atoms with van der Waals surface area (Å²) < 4.78 is 13.7. The molecule has 0 bridgehead atoms. The molecule has 19 heavy (non-hydrogen) atoms. The predicted molar refractivity (Wildman–Crippen MR) is 82.6 cm³/mol. The molecule has 0 amide bonds. The van der Waals surface area contributed by atoms with Crippen molar-refractivity contribution in [2.45, 2.75) is 13.0 Å². The van der Waals surface area contributed by atoms with Gasteiger partial charge in [-0.15, -0.1) is 0 Å². The highest BCUT2D eigenvalue weighted by molar-refractivity contribution is 9.10. The van der Waals surface area contributed by atoms with Crippen molar-refractivity contribution in [3.63, 3.8) is 0 Å². The minimum absolute atomic E-state index is 0.0482. The molecule has 0 fully saturated rings. The molecule has 0 spiro atoms. The van der Waals surface area contributed by atoms with Crippen LogP contribution in [-0.2, 0) is 0 Å². The molecule has 0 aliphatic rings. The Morgan fingerprint density at radius 1 is 1.16 bits per heavy atom. The summed E-state index contributed by atoms with van der Waals surface area (Å²) in [6.45, 7) is 1.97. The number of anilines is 1. The molecule has 0 saturated carbocycles. The number of halogens is 4. The molecule has 2 aromatic rings. The summed E-state index contributed by atoms with van der Waals surface area (Å²) in [6.07, 6.45) is 0. The first-order valence-corrected chi connectivity index (χ1v) is 7.19. The Morgan fingerprint density at radius 2 is 1.89 bits per heavy atom. The Kier molecular flexibility index (Phi) is 4.71. The Hall–Kier alpha value is -0.770. The third-order valence-electron chi connectivity index (χ3n) is 2.73. The van der Waals surface area contributed by atoms with Crippen LogP contribution >= 0.6 is 39.1 Å². The highest BCUT2D eigenvalue weighted by atomic mass is 79.9. The molecule has 0 aromatic heterocycles. The van der Waals surface area contributed by atoms with Crippen LogP contribution in [0, 0.1) is 5.82 Å². The van der Waals surface area contributed by atoms with E-state index in [-0.39, 0.29) is 11.9 Å². The van der Waals surface area contributed by atoms with Crippen LogP contribution in [0.4, 0.5) is 10.1 Å². The highest BCUT2D eigenvalue weighted by Crippen LogP contribution is 2.31. The zero-order valence-electron chi connectivity index (χ0n) is 10.1. The summed E-state index contributed by atoms with van der Waals surface area (Å²) >= 11 is 15.4. The van der Waals surface area contributed by atoms with Gasteiger partial charge in [-0.1, -0.05) is 23.2 Å². The van der Waals surface area contributed by atoms with E-state index in [2.05, 4.69) is 21.2 Å². The first kappa shape index (κ1) is 14.6. The number of benzene rings is 2. The number of nitrogens with one attached hydrogen (secondary N) is 1. The smallest absolute Gasteiger partial charge is 0.124 e. The zero-order valence-corrected chi connectivity index (χ0v) is 13.2. The lowest BCUT2D eigenvalue weighted by atomic mass is 10.1. The first-order valence-electron chi connectivity index (χ1n) is 5.64. The fourth-order valence-electron chi connectivity index (χ4n) is 1.76. The van der Waals surface area contributed by atoms with Crippen LogP contribution in [0.5, 0.6) is 0 Å². The Labute approximate surface area is 129 Å². The van der Waals surface area contributed by atoms with E-state index in [1.165, 1.54) is 12.1 Å². The lowest BCUT2D eigenvalue weighted by molar-refractivity contribution is 0.627. The molecule has 2 rings (SSSR count). The van der Waals surface area contributed by atoms with E-state index in [9.17, 15) is 4.39 Å². The summed E-state index contributed by atoms with van der Waals surface area (Å²) in [4.78, 5) is 0. The third kappa shape index (κ3) is 3.62. The van der Waals surface area contributed by atoms with Crippen LogP contribution in [0.25, 0.3) is 0 Å². The van der Waals surface area contributed by atoms with Gasteiger partial charge in [0.15, 0.2) is 0 Å². The zero-order chi connectivity index (χ0) is 14.0. The summed E-state index contributed by atoms with van der Waals surface area (Å²) in [7, 11) is 0. The Balaban J connectivity index is 2.25. The second-order valence-corrected chi connectivity index (χ2v) is 5.85. The van der Waals surface area contributed by atoms with Crippen molar-refractivity contribution in [1.29, 1.82) is 0 Å². The van der Waals surface area contributed by atoms with E-state index < -0.39 is 0 Å². The average molecular weight is 363 g/mol. The molecule has 1 unspecified atom stereocenters. The van der Waals surface area contributed by atoms with E-state index >= 15 is 0 Å². The van der Waals surface area contributed by atoms with Gasteiger partial charge in [-0.25, -0.2) is 4.39 Å². The lowest BCUT2D eigenvalue weighted by Crippen LogP contribution is -2.07. The summed E-state index contributed by atoms with van der Waals surface area (Å²) in [5.41, 5.74) is 1.69. The Bertz CT molecular complexity index is 604. The molecule has 1 N–H and O–H groups in total. The quantitative estimate of drug-likeness (QED) is 0.698. The average Bonchev–Trinajstić information content (AvgIpc) is 2.35. The normalized spacial score (nSPS) is 12.3. The molecule has 100 valence electrons. The number of hydrogen-bond acceptors (Lipinski definition) is 1. The highest BCUT2D eigenvalue weighted by Gasteiger charge is 2.12. The summed E-state index contributed by atoms with van der Waals surface area (Å²) in [5, 5.41) is 4.54. The van der Waals surface area contributed by atoms with Crippen molar-refractivity contribution in [1.82, 2.24) is 0 Å². The predicted octanol–water partition coefficient (Wildman–Crippen LogP) is 6.07. The Morgan fingerprint density at radius 3 is 2.58 bits per heavy atom. The molecule has 0 aliphatic heterocycles. The van der Waals surface area contributed by atoms with Crippen LogP contribution in [0.1, 0.15) is 18.5 Å². The van der Waals surface area contributed by atoms with Crippen LogP contribution in [0.3, 0.4) is 0 Å². The van der Waals surface area contributed by atoms with E-state index in [4.69, 9.17) is 23.2 Å². The van der Waals surface area contributed by atoms with Gasteiger partial charge in [0.1, 0.15) is 5.82 Å². The van der Waals surface area contributed by atoms with Gasteiger partial charge < -0.3 is 5.32 Å². The van der Waals surface area contributed by atoms with Crippen molar-refractivity contribution in [2.24, 2.45) is 0 Å². The molecule has 1 nitrogen and oxygen atoms in total. The van der Waals surface area contributed by atoms with Crippen molar-refractivity contribution in [3.05, 3.63) is 62.3 Å². The molecule has 2 aromatic carbocycles. The minimum Gasteiger partial charge on any atom is -0.378 e. The standard InChI is InChI=1S/C14H11BrCl2FN/c1-8(11-6-9(16)2-4-13(11)17)19-14-5-3-10(18)7-12(14)15/h2-8,19H,1H3. The van der Waals surface area contributed by atoms with Gasteiger partial charge in [0.2, 0.25) is 0 Å². The van der Waals surface area contributed by atoms with Crippen molar-refractivity contribution >= 4 is 44.8 Å². The van der Waals surface area contributed by atoms with Crippen molar-refractivity contribution in [2.75, 3.05) is 5.32 Å². The topological polar surface area (TPSA) is 12.0 Å². The van der Waals surface area contributed by atoms with Crippen molar-refractivity contribution < 1.29 is 4.39 Å². The second kappa shape index (κ2) is 6.12. The fourth-order valence-corrected chi connectivity index (χ4v) is 2.69. The molecule has 1 atom stereocenters. The molecular formula is C14H11BrCl2FN. The lowest BCUT2D eigenvalue weighted by Gasteiger charge is -2.18. The van der Waals surface area contributed by atoms with Gasteiger partial charge >= 0.3 is 0 Å². The minimum atomic E-state index is -0.286. The maximum absolute atomic E-state index is 13.0. The molecule has 0 aliphatic carbocycles. The molecular weight excluding hydrogens is 352 g/mol. The van der Waals surface area contributed by atoms with E-state index in [0.29, 0.717) is 14.5 Å². The number of rotatable bonds is 3. The first-order chi connectivity index (χ1) is 8.97. The van der Waals surface area contributed by atoms with E-state index in [0.717, 1.165) is 11.3 Å². The van der Waals surface area contributed by atoms with Crippen LogP contribution in [-0.4, -0.2) is 0 Å². The van der Waals surface area contributed by atoms with Crippen LogP contribution in [0.2, 0.25) is 10.0 Å². The maximum Gasteiger partial charge on any atom is 0.124 e. The molecule has 0 radical (unpaired) electrons. The fraction of sp³-hybridized carbons (Fsp3) is 0.143. The van der Waals surface area contributed by atoms with E-state index in [1.54, 1.807) is 18.2 Å². The van der Waals surface area contributed by atoms with Gasteiger partial charge in [0.25, 0.3) is 0 Å². The maximum atomic E-state index is 13.0. The monoisotopic (exact) mass is 361 g/mol. The summed E-state index contributed by atoms with van der Waals surface area (Å²) in [5.74, 6) is -0.286. The molecule has 0 heterocycles. The second-order valence-electron chi connectivity index (χ2n) is 4.16. The molecule has 5 heteroatoms. The van der Waals surface area contributed by atoms with E-state index in [1.807, 2.05) is 13.0 Å². The van der Waals surface area contributed by atoms with Crippen molar-refractivity contribution in [3.8, 4) is 0 Å². The van der Waals surface area contributed by atoms with Gasteiger partial charge in [-0.2, -0.15) is 0 Å². The number of hydrogen-bond donors (Lipinski definition) is 1. The van der Waals surface area contributed by atoms with Gasteiger partial charge in [0, 0.05) is 20.2 Å². The van der Waals surface area contributed by atoms with Crippen LogP contribution in [0.15, 0.2) is 40.9 Å². The van der Waals surface area contributed by atoms with Gasteiger partial charge in [0.05, 0.1) is 6.04 Å². The summed E-state index contributed by atoms with van der Waals surface area (Å²) in [6, 6.07) is 9.76.